The van der Waals surface area contributed by atoms with Crippen LogP contribution >= 0.6 is 11.6 Å². The SMILES string of the molecule is CCCOc1ccc(NC(=O)N(C)C2CCS(=O)(=O)CC2)cc1Cl. The highest BCUT2D eigenvalue weighted by Crippen LogP contribution is 2.28. The lowest BCUT2D eigenvalue weighted by Gasteiger charge is -2.31. The summed E-state index contributed by atoms with van der Waals surface area (Å²) in [5.41, 5.74) is 0.573. The van der Waals surface area contributed by atoms with Gasteiger partial charge >= 0.3 is 6.03 Å². The Hall–Kier alpha value is -1.47. The maximum atomic E-state index is 12.3. The summed E-state index contributed by atoms with van der Waals surface area (Å²) < 4.78 is 28.5. The summed E-state index contributed by atoms with van der Waals surface area (Å²) in [7, 11) is -1.26. The molecule has 2 rings (SSSR count). The zero-order valence-electron chi connectivity index (χ0n) is 13.9. The zero-order chi connectivity index (χ0) is 17.7. The van der Waals surface area contributed by atoms with Crippen molar-refractivity contribution in [1.82, 2.24) is 4.90 Å². The molecule has 0 radical (unpaired) electrons. The quantitative estimate of drug-likeness (QED) is 0.858. The van der Waals surface area contributed by atoms with E-state index in [9.17, 15) is 13.2 Å². The fourth-order valence-electron chi connectivity index (χ4n) is 2.55. The minimum absolute atomic E-state index is 0.0730. The second-order valence-electron chi connectivity index (χ2n) is 5.92. The highest BCUT2D eigenvalue weighted by molar-refractivity contribution is 7.91. The Morgan fingerprint density at radius 2 is 2.04 bits per heavy atom. The van der Waals surface area contributed by atoms with Crippen molar-refractivity contribution in [3.63, 3.8) is 0 Å². The molecule has 1 fully saturated rings. The molecular formula is C16H23ClN2O4S. The van der Waals surface area contributed by atoms with Crippen LogP contribution in [0.4, 0.5) is 10.5 Å². The number of halogens is 1. The number of benzene rings is 1. The van der Waals surface area contributed by atoms with E-state index in [0.29, 0.717) is 35.9 Å². The first kappa shape index (κ1) is 18.9. The lowest BCUT2D eigenvalue weighted by molar-refractivity contribution is 0.199. The number of carbonyl (C=O) groups is 1. The second-order valence-corrected chi connectivity index (χ2v) is 8.63. The standard InChI is InChI=1S/C16H23ClN2O4S/c1-3-8-23-15-5-4-12(11-14(15)17)18-16(20)19(2)13-6-9-24(21,22)10-7-13/h4-5,11,13H,3,6-10H2,1-2H3,(H,18,20). The van der Waals surface area contributed by atoms with Crippen LogP contribution in [-0.4, -0.2) is 50.6 Å². The first-order valence-electron chi connectivity index (χ1n) is 7.99. The summed E-state index contributed by atoms with van der Waals surface area (Å²) in [6, 6.07) is 4.74. The number of amides is 2. The molecule has 0 aromatic heterocycles. The smallest absolute Gasteiger partial charge is 0.321 e. The Bertz CT molecular complexity index is 679. The third-order valence-electron chi connectivity index (χ3n) is 4.04. The van der Waals surface area contributed by atoms with Crippen molar-refractivity contribution in [2.75, 3.05) is 30.5 Å². The number of ether oxygens (including phenoxy) is 1. The normalized spacial score (nSPS) is 17.3. The van der Waals surface area contributed by atoms with Crippen LogP contribution in [0.5, 0.6) is 5.75 Å². The summed E-state index contributed by atoms with van der Waals surface area (Å²) in [6.07, 6.45) is 1.82. The highest BCUT2D eigenvalue weighted by Gasteiger charge is 2.28. The van der Waals surface area contributed by atoms with Crippen LogP contribution in [0.2, 0.25) is 5.02 Å². The van der Waals surface area contributed by atoms with Crippen molar-refractivity contribution in [3.8, 4) is 5.75 Å². The molecule has 0 unspecified atom stereocenters. The van der Waals surface area contributed by atoms with Gasteiger partial charge in [-0.15, -0.1) is 0 Å². The summed E-state index contributed by atoms with van der Waals surface area (Å²) in [6.45, 7) is 2.59. The molecule has 1 saturated heterocycles. The molecule has 0 saturated carbocycles. The number of nitrogens with one attached hydrogen (secondary N) is 1. The van der Waals surface area contributed by atoms with Gasteiger partial charge in [-0.3, -0.25) is 0 Å². The first-order valence-corrected chi connectivity index (χ1v) is 10.2. The van der Waals surface area contributed by atoms with Gasteiger partial charge in [-0.2, -0.15) is 0 Å². The molecule has 1 heterocycles. The number of carbonyl (C=O) groups excluding carboxylic acids is 1. The van der Waals surface area contributed by atoms with Gasteiger partial charge in [0.15, 0.2) is 0 Å². The van der Waals surface area contributed by atoms with E-state index in [0.717, 1.165) is 6.42 Å². The summed E-state index contributed by atoms with van der Waals surface area (Å²) >= 11 is 6.15. The lowest BCUT2D eigenvalue weighted by Crippen LogP contribution is -2.44. The van der Waals surface area contributed by atoms with Gasteiger partial charge in [-0.05, 0) is 37.5 Å². The zero-order valence-corrected chi connectivity index (χ0v) is 15.5. The van der Waals surface area contributed by atoms with Crippen molar-refractivity contribution >= 4 is 33.2 Å². The number of nitrogens with zero attached hydrogens (tertiary/aromatic N) is 1. The van der Waals surface area contributed by atoms with E-state index in [2.05, 4.69) is 5.32 Å². The van der Waals surface area contributed by atoms with Gasteiger partial charge in [-0.25, -0.2) is 13.2 Å². The fraction of sp³-hybridized carbons (Fsp3) is 0.562. The third-order valence-corrected chi connectivity index (χ3v) is 6.05. The number of anilines is 1. The van der Waals surface area contributed by atoms with Crippen LogP contribution in [-0.2, 0) is 9.84 Å². The second kappa shape index (κ2) is 8.07. The van der Waals surface area contributed by atoms with Crippen LogP contribution < -0.4 is 10.1 Å². The molecule has 1 aromatic rings. The van der Waals surface area contributed by atoms with Crippen molar-refractivity contribution < 1.29 is 17.9 Å². The molecule has 1 aromatic carbocycles. The molecule has 1 aliphatic heterocycles. The predicted molar refractivity (Wildman–Crippen MR) is 95.7 cm³/mol. The van der Waals surface area contributed by atoms with E-state index in [1.54, 1.807) is 30.1 Å². The van der Waals surface area contributed by atoms with Gasteiger partial charge in [0.1, 0.15) is 15.6 Å². The topological polar surface area (TPSA) is 75.7 Å². The van der Waals surface area contributed by atoms with Crippen molar-refractivity contribution in [2.24, 2.45) is 0 Å². The third kappa shape index (κ3) is 5.01. The molecule has 24 heavy (non-hydrogen) atoms. The summed E-state index contributed by atoms with van der Waals surface area (Å²) in [5.74, 6) is 0.845. The van der Waals surface area contributed by atoms with E-state index in [-0.39, 0.29) is 23.6 Å². The molecule has 0 spiro atoms. The number of hydrogen-bond acceptors (Lipinski definition) is 4. The van der Waals surface area contributed by atoms with Crippen molar-refractivity contribution in [1.29, 1.82) is 0 Å². The van der Waals surface area contributed by atoms with Gasteiger partial charge in [0, 0.05) is 18.8 Å². The Kier molecular flexibility index (Phi) is 6.34. The molecule has 1 N–H and O–H groups in total. The largest absolute Gasteiger partial charge is 0.492 e. The van der Waals surface area contributed by atoms with Crippen LogP contribution in [0.15, 0.2) is 18.2 Å². The van der Waals surface area contributed by atoms with Gasteiger partial charge in [0.2, 0.25) is 0 Å². The van der Waals surface area contributed by atoms with Crippen LogP contribution in [0.3, 0.4) is 0 Å². The molecule has 0 atom stereocenters. The van der Waals surface area contributed by atoms with Gasteiger partial charge in [-0.1, -0.05) is 18.5 Å². The Balaban J connectivity index is 1.95. The number of hydrogen-bond donors (Lipinski definition) is 1. The number of urea groups is 1. The average Bonchev–Trinajstić information content (AvgIpc) is 2.53. The van der Waals surface area contributed by atoms with Crippen molar-refractivity contribution in [3.05, 3.63) is 23.2 Å². The van der Waals surface area contributed by atoms with E-state index in [1.165, 1.54) is 0 Å². The molecule has 1 aliphatic rings. The molecule has 2 amide bonds. The minimum Gasteiger partial charge on any atom is -0.492 e. The van der Waals surface area contributed by atoms with Crippen LogP contribution in [0, 0.1) is 0 Å². The monoisotopic (exact) mass is 374 g/mol. The maximum absolute atomic E-state index is 12.3. The highest BCUT2D eigenvalue weighted by atomic mass is 35.5. The van der Waals surface area contributed by atoms with Gasteiger partial charge in [0.05, 0.1) is 23.1 Å². The molecule has 6 nitrogen and oxygen atoms in total. The molecule has 8 heteroatoms. The molecular weight excluding hydrogens is 352 g/mol. The summed E-state index contributed by atoms with van der Waals surface area (Å²) in [4.78, 5) is 13.9. The van der Waals surface area contributed by atoms with E-state index in [1.807, 2.05) is 6.92 Å². The van der Waals surface area contributed by atoms with E-state index in [4.69, 9.17) is 16.3 Å². The van der Waals surface area contributed by atoms with E-state index < -0.39 is 9.84 Å². The molecule has 0 aliphatic carbocycles. The fourth-order valence-corrected chi connectivity index (χ4v) is 4.25. The molecule has 134 valence electrons. The number of rotatable bonds is 5. The van der Waals surface area contributed by atoms with Crippen LogP contribution in [0.25, 0.3) is 0 Å². The number of sulfone groups is 1. The summed E-state index contributed by atoms with van der Waals surface area (Å²) in [5, 5.41) is 3.22. The molecule has 0 bridgehead atoms. The Morgan fingerprint density at radius 3 is 2.62 bits per heavy atom. The van der Waals surface area contributed by atoms with E-state index >= 15 is 0 Å². The maximum Gasteiger partial charge on any atom is 0.321 e. The van der Waals surface area contributed by atoms with Crippen molar-refractivity contribution in [2.45, 2.75) is 32.2 Å². The lowest BCUT2D eigenvalue weighted by atomic mass is 10.1. The Labute approximate surface area is 148 Å². The van der Waals surface area contributed by atoms with Crippen LogP contribution in [0.1, 0.15) is 26.2 Å². The first-order chi connectivity index (χ1) is 11.3. The predicted octanol–water partition coefficient (Wildman–Crippen LogP) is 3.17. The van der Waals surface area contributed by atoms with Gasteiger partial charge < -0.3 is 15.0 Å². The average molecular weight is 375 g/mol. The minimum atomic E-state index is -2.94. The Morgan fingerprint density at radius 1 is 1.38 bits per heavy atom. The van der Waals surface area contributed by atoms with Gasteiger partial charge in [0.25, 0.3) is 0 Å².